The van der Waals surface area contributed by atoms with Crippen LogP contribution in [0.1, 0.15) is 42.7 Å². The molecule has 0 aliphatic carbocycles. The Bertz CT molecular complexity index is 1290. The number of H-pyrrole nitrogens is 1. The monoisotopic (exact) mass is 421 g/mol. The second-order valence-electron chi connectivity index (χ2n) is 7.74. The molecule has 1 amide bonds. The molecule has 0 radical (unpaired) electrons. The lowest BCUT2D eigenvalue weighted by molar-refractivity contribution is -0.121. The van der Waals surface area contributed by atoms with E-state index >= 15 is 0 Å². The SMILES string of the molecule is Cc1nc2cc(=O)[nH]n2c(C)c1CC(=O)NC(c1nc(-c2cccnc2)no1)C(C)C. The molecule has 1 atom stereocenters. The number of hydrogen-bond acceptors (Lipinski definition) is 7. The van der Waals surface area contributed by atoms with Gasteiger partial charge in [-0.25, -0.2) is 9.50 Å². The van der Waals surface area contributed by atoms with Crippen LogP contribution in [0, 0.1) is 19.8 Å². The minimum Gasteiger partial charge on any atom is -0.344 e. The van der Waals surface area contributed by atoms with Crippen LogP contribution in [0.4, 0.5) is 0 Å². The Kier molecular flexibility index (Phi) is 5.37. The van der Waals surface area contributed by atoms with Crippen LogP contribution in [-0.4, -0.2) is 35.6 Å². The number of aromatic amines is 1. The van der Waals surface area contributed by atoms with E-state index in [1.165, 1.54) is 6.07 Å². The first-order chi connectivity index (χ1) is 14.8. The van der Waals surface area contributed by atoms with Gasteiger partial charge in [0.2, 0.25) is 17.6 Å². The second-order valence-corrected chi connectivity index (χ2v) is 7.74. The second kappa shape index (κ2) is 8.13. The number of nitrogens with one attached hydrogen (secondary N) is 2. The molecule has 4 aromatic rings. The Morgan fingerprint density at radius 3 is 2.81 bits per heavy atom. The van der Waals surface area contributed by atoms with Crippen molar-refractivity contribution in [1.82, 2.24) is 35.0 Å². The van der Waals surface area contributed by atoms with Gasteiger partial charge in [0.25, 0.3) is 5.56 Å². The van der Waals surface area contributed by atoms with Crippen molar-refractivity contribution in [2.45, 2.75) is 40.2 Å². The maximum atomic E-state index is 12.9. The van der Waals surface area contributed by atoms with Gasteiger partial charge in [-0.05, 0) is 31.9 Å². The summed E-state index contributed by atoms with van der Waals surface area (Å²) in [5.74, 6) is 0.566. The minimum absolute atomic E-state index is 0.0229. The molecular formula is C21H23N7O3. The number of aromatic nitrogens is 6. The molecule has 0 aliphatic heterocycles. The van der Waals surface area contributed by atoms with E-state index in [0.29, 0.717) is 23.1 Å². The Morgan fingerprint density at radius 1 is 1.29 bits per heavy atom. The summed E-state index contributed by atoms with van der Waals surface area (Å²) in [6.45, 7) is 7.60. The summed E-state index contributed by atoms with van der Waals surface area (Å²) in [6, 6.07) is 4.61. The van der Waals surface area contributed by atoms with Gasteiger partial charge in [-0.15, -0.1) is 0 Å². The summed E-state index contributed by atoms with van der Waals surface area (Å²) < 4.78 is 7.03. The van der Waals surface area contributed by atoms with Gasteiger partial charge < -0.3 is 9.84 Å². The zero-order chi connectivity index (χ0) is 22.1. The van der Waals surface area contributed by atoms with Crippen molar-refractivity contribution in [3.05, 3.63) is 63.8 Å². The van der Waals surface area contributed by atoms with E-state index in [2.05, 4.69) is 30.5 Å². The molecule has 0 aliphatic rings. The van der Waals surface area contributed by atoms with Crippen molar-refractivity contribution in [1.29, 1.82) is 0 Å². The maximum Gasteiger partial charge on any atom is 0.266 e. The Morgan fingerprint density at radius 2 is 2.10 bits per heavy atom. The third kappa shape index (κ3) is 4.09. The van der Waals surface area contributed by atoms with Crippen molar-refractivity contribution in [2.24, 2.45) is 5.92 Å². The Balaban J connectivity index is 1.56. The van der Waals surface area contributed by atoms with Crippen LogP contribution in [0.5, 0.6) is 0 Å². The first-order valence-electron chi connectivity index (χ1n) is 9.94. The Labute approximate surface area is 177 Å². The van der Waals surface area contributed by atoms with Crippen LogP contribution in [0.2, 0.25) is 0 Å². The highest BCUT2D eigenvalue weighted by atomic mass is 16.5. The number of pyridine rings is 1. The summed E-state index contributed by atoms with van der Waals surface area (Å²) in [5, 5.41) is 9.71. The van der Waals surface area contributed by atoms with Crippen molar-refractivity contribution < 1.29 is 9.32 Å². The molecule has 160 valence electrons. The standard InChI is InChI=1S/C21H23N7O3/c1-11(2)19(21-25-20(27-31-21)14-6-5-7-22-10-14)24-17(29)8-15-12(3)23-16-9-18(30)26-28(16)13(15)4/h5-7,9-11,19H,8H2,1-4H3,(H,24,29)(H,26,30). The minimum atomic E-state index is -0.450. The lowest BCUT2D eigenvalue weighted by atomic mass is 10.0. The fourth-order valence-electron chi connectivity index (χ4n) is 3.48. The number of carbonyl (C=O) groups is 1. The first kappa shape index (κ1) is 20.5. The van der Waals surface area contributed by atoms with Gasteiger partial charge in [0.1, 0.15) is 6.04 Å². The number of carbonyl (C=O) groups excluding carboxylic acids is 1. The highest BCUT2D eigenvalue weighted by molar-refractivity contribution is 5.79. The molecule has 10 nitrogen and oxygen atoms in total. The molecule has 4 aromatic heterocycles. The van der Waals surface area contributed by atoms with Crippen LogP contribution in [0.25, 0.3) is 17.0 Å². The third-order valence-electron chi connectivity index (χ3n) is 5.15. The van der Waals surface area contributed by atoms with Crippen LogP contribution in [-0.2, 0) is 11.2 Å². The molecule has 0 spiro atoms. The van der Waals surface area contributed by atoms with E-state index < -0.39 is 6.04 Å². The summed E-state index contributed by atoms with van der Waals surface area (Å²) in [6.07, 6.45) is 3.42. The van der Waals surface area contributed by atoms with E-state index in [0.717, 1.165) is 16.8 Å². The zero-order valence-electron chi connectivity index (χ0n) is 17.7. The van der Waals surface area contributed by atoms with Crippen molar-refractivity contribution >= 4 is 11.6 Å². The van der Waals surface area contributed by atoms with Gasteiger partial charge in [0.15, 0.2) is 5.65 Å². The number of amides is 1. The highest BCUT2D eigenvalue weighted by Gasteiger charge is 2.26. The molecule has 0 aromatic carbocycles. The number of nitrogens with zero attached hydrogens (tertiary/aromatic N) is 5. The number of rotatable bonds is 6. The lowest BCUT2D eigenvalue weighted by Crippen LogP contribution is -2.33. The van der Waals surface area contributed by atoms with Crippen LogP contribution in [0.15, 0.2) is 39.9 Å². The number of hydrogen-bond donors (Lipinski definition) is 2. The fraction of sp³-hybridized carbons (Fsp3) is 0.333. The number of fused-ring (bicyclic) bond motifs is 1. The topological polar surface area (TPSA) is 131 Å². The Hall–Kier alpha value is -3.82. The molecular weight excluding hydrogens is 398 g/mol. The quantitative estimate of drug-likeness (QED) is 0.487. The van der Waals surface area contributed by atoms with E-state index in [4.69, 9.17) is 4.52 Å². The maximum absolute atomic E-state index is 12.9. The molecule has 2 N–H and O–H groups in total. The van der Waals surface area contributed by atoms with E-state index in [9.17, 15) is 9.59 Å². The van der Waals surface area contributed by atoms with Gasteiger partial charge >= 0.3 is 0 Å². The van der Waals surface area contributed by atoms with Gasteiger partial charge in [-0.3, -0.25) is 19.7 Å². The normalized spacial score (nSPS) is 12.4. The molecule has 0 bridgehead atoms. The lowest BCUT2D eigenvalue weighted by Gasteiger charge is -2.19. The molecule has 4 rings (SSSR count). The largest absolute Gasteiger partial charge is 0.344 e. The van der Waals surface area contributed by atoms with E-state index in [1.807, 2.05) is 33.8 Å². The van der Waals surface area contributed by atoms with Crippen molar-refractivity contribution in [3.8, 4) is 11.4 Å². The predicted octanol–water partition coefficient (Wildman–Crippen LogP) is 2.14. The summed E-state index contributed by atoms with van der Waals surface area (Å²) in [7, 11) is 0. The molecule has 0 fully saturated rings. The van der Waals surface area contributed by atoms with Crippen LogP contribution >= 0.6 is 0 Å². The molecule has 10 heteroatoms. The smallest absolute Gasteiger partial charge is 0.266 e. The van der Waals surface area contributed by atoms with Gasteiger partial charge in [-0.2, -0.15) is 4.98 Å². The molecule has 1 unspecified atom stereocenters. The number of aryl methyl sites for hydroxylation is 2. The molecule has 0 saturated heterocycles. The van der Waals surface area contributed by atoms with Crippen LogP contribution in [0.3, 0.4) is 0 Å². The summed E-state index contributed by atoms with van der Waals surface area (Å²) in [5.41, 5.74) is 3.23. The van der Waals surface area contributed by atoms with Gasteiger partial charge in [0, 0.05) is 41.0 Å². The molecule has 4 heterocycles. The average molecular weight is 421 g/mol. The third-order valence-corrected chi connectivity index (χ3v) is 5.15. The predicted molar refractivity (Wildman–Crippen MR) is 112 cm³/mol. The van der Waals surface area contributed by atoms with Gasteiger partial charge in [0.05, 0.1) is 6.42 Å². The van der Waals surface area contributed by atoms with Crippen LogP contribution < -0.4 is 10.9 Å². The highest BCUT2D eigenvalue weighted by Crippen LogP contribution is 2.24. The average Bonchev–Trinajstić information content (AvgIpc) is 3.36. The van der Waals surface area contributed by atoms with E-state index in [1.54, 1.807) is 23.0 Å². The summed E-state index contributed by atoms with van der Waals surface area (Å²) >= 11 is 0. The molecule has 31 heavy (non-hydrogen) atoms. The fourth-order valence-corrected chi connectivity index (χ4v) is 3.48. The van der Waals surface area contributed by atoms with Crippen molar-refractivity contribution in [2.75, 3.05) is 0 Å². The van der Waals surface area contributed by atoms with Crippen molar-refractivity contribution in [3.63, 3.8) is 0 Å². The van der Waals surface area contributed by atoms with E-state index in [-0.39, 0.29) is 23.8 Å². The molecule has 0 saturated carbocycles. The first-order valence-corrected chi connectivity index (χ1v) is 9.94. The summed E-state index contributed by atoms with van der Waals surface area (Å²) in [4.78, 5) is 37.5. The van der Waals surface area contributed by atoms with Gasteiger partial charge in [-0.1, -0.05) is 19.0 Å². The zero-order valence-corrected chi connectivity index (χ0v) is 17.7.